The molecule has 0 unspecified atom stereocenters. The van der Waals surface area contributed by atoms with Gasteiger partial charge in [0.2, 0.25) is 5.91 Å². The molecule has 2 N–H and O–H groups in total. The zero-order chi connectivity index (χ0) is 21.9. The van der Waals surface area contributed by atoms with Gasteiger partial charge in [-0.2, -0.15) is 0 Å². The minimum absolute atomic E-state index is 0.0950. The molecule has 0 aromatic heterocycles. The van der Waals surface area contributed by atoms with Gasteiger partial charge in [-0.15, -0.1) is 0 Å². The summed E-state index contributed by atoms with van der Waals surface area (Å²) >= 11 is 5.84. The van der Waals surface area contributed by atoms with Crippen LogP contribution in [0.15, 0.2) is 48.5 Å². The highest BCUT2D eigenvalue weighted by atomic mass is 35.5. The molecule has 0 fully saturated rings. The van der Waals surface area contributed by atoms with E-state index in [1.165, 1.54) is 24.3 Å². The molecule has 2 rings (SSSR count). The molecular formula is C21H21ClN2O6. The summed E-state index contributed by atoms with van der Waals surface area (Å²) in [6.45, 7) is 1.48. The van der Waals surface area contributed by atoms with E-state index >= 15 is 0 Å². The third-order valence-electron chi connectivity index (χ3n) is 3.71. The minimum atomic E-state index is -0.677. The van der Waals surface area contributed by atoms with E-state index in [0.29, 0.717) is 22.0 Å². The number of carbonyl (C=O) groups is 4. The van der Waals surface area contributed by atoms with E-state index in [0.717, 1.165) is 0 Å². The highest BCUT2D eigenvalue weighted by molar-refractivity contribution is 6.30. The van der Waals surface area contributed by atoms with Crippen molar-refractivity contribution in [1.82, 2.24) is 0 Å². The van der Waals surface area contributed by atoms with Crippen LogP contribution in [0.5, 0.6) is 0 Å². The molecule has 0 aliphatic heterocycles. The van der Waals surface area contributed by atoms with E-state index in [-0.39, 0.29) is 25.4 Å². The highest BCUT2D eigenvalue weighted by Crippen LogP contribution is 2.15. The van der Waals surface area contributed by atoms with Crippen LogP contribution in [0.3, 0.4) is 0 Å². The number of benzene rings is 2. The van der Waals surface area contributed by atoms with Gasteiger partial charge < -0.3 is 20.1 Å². The van der Waals surface area contributed by atoms with Crippen LogP contribution >= 0.6 is 11.6 Å². The fraction of sp³-hybridized carbons (Fsp3) is 0.238. The van der Waals surface area contributed by atoms with E-state index in [9.17, 15) is 19.2 Å². The molecule has 0 saturated heterocycles. The Kier molecular flexibility index (Phi) is 8.83. The van der Waals surface area contributed by atoms with Crippen molar-refractivity contribution in [3.63, 3.8) is 0 Å². The van der Waals surface area contributed by atoms with Gasteiger partial charge in [0.25, 0.3) is 5.91 Å². The summed E-state index contributed by atoms with van der Waals surface area (Å²) in [4.78, 5) is 47.0. The summed E-state index contributed by atoms with van der Waals surface area (Å²) in [6.07, 6.45) is -0.268. The molecule has 2 amide bonds. The summed E-state index contributed by atoms with van der Waals surface area (Å²) in [6, 6.07) is 12.7. The largest absolute Gasteiger partial charge is 0.462 e. The third kappa shape index (κ3) is 7.92. The zero-order valence-corrected chi connectivity index (χ0v) is 17.0. The normalized spacial score (nSPS) is 10.1. The van der Waals surface area contributed by atoms with E-state index in [1.54, 1.807) is 31.2 Å². The molecule has 0 bridgehead atoms. The predicted molar refractivity (Wildman–Crippen MR) is 111 cm³/mol. The number of nitrogens with one attached hydrogen (secondary N) is 2. The Balaban J connectivity index is 1.69. The maximum atomic E-state index is 11.9. The first-order chi connectivity index (χ1) is 14.4. The van der Waals surface area contributed by atoms with Gasteiger partial charge >= 0.3 is 11.9 Å². The number of amides is 2. The first kappa shape index (κ1) is 22.9. The van der Waals surface area contributed by atoms with Crippen molar-refractivity contribution in [2.45, 2.75) is 19.8 Å². The van der Waals surface area contributed by atoms with Crippen LogP contribution in [0.25, 0.3) is 0 Å². The van der Waals surface area contributed by atoms with Gasteiger partial charge in [0.15, 0.2) is 6.61 Å². The monoisotopic (exact) mass is 432 g/mol. The number of rotatable bonds is 9. The number of hydrogen-bond donors (Lipinski definition) is 2. The Labute approximate surface area is 178 Å². The quantitative estimate of drug-likeness (QED) is 0.587. The van der Waals surface area contributed by atoms with E-state index in [4.69, 9.17) is 21.1 Å². The highest BCUT2D eigenvalue weighted by Gasteiger charge is 2.12. The second-order valence-corrected chi connectivity index (χ2v) is 6.50. The predicted octanol–water partition coefficient (Wildman–Crippen LogP) is 3.42. The lowest BCUT2D eigenvalue weighted by molar-refractivity contribution is -0.147. The molecule has 8 nitrogen and oxygen atoms in total. The molecule has 9 heteroatoms. The molecule has 2 aromatic carbocycles. The van der Waals surface area contributed by atoms with E-state index in [2.05, 4.69) is 10.6 Å². The topological polar surface area (TPSA) is 111 Å². The maximum absolute atomic E-state index is 11.9. The van der Waals surface area contributed by atoms with Crippen molar-refractivity contribution in [3.05, 3.63) is 59.1 Å². The first-order valence-corrected chi connectivity index (χ1v) is 9.53. The molecule has 0 heterocycles. The lowest BCUT2D eigenvalue weighted by atomic mass is 10.2. The van der Waals surface area contributed by atoms with Crippen LogP contribution in [0.1, 0.15) is 30.1 Å². The SMILES string of the molecule is CCOC(=O)c1ccc(NC(=O)COC(=O)CCC(=O)Nc2cccc(Cl)c2)cc1. The van der Waals surface area contributed by atoms with Crippen molar-refractivity contribution in [3.8, 4) is 0 Å². The molecule has 0 aliphatic carbocycles. The molecular weight excluding hydrogens is 412 g/mol. The minimum Gasteiger partial charge on any atom is -0.462 e. The fourth-order valence-corrected chi connectivity index (χ4v) is 2.51. The van der Waals surface area contributed by atoms with Crippen molar-refractivity contribution < 1.29 is 28.7 Å². The van der Waals surface area contributed by atoms with Gasteiger partial charge in [-0.3, -0.25) is 14.4 Å². The average molecular weight is 433 g/mol. The van der Waals surface area contributed by atoms with Gasteiger partial charge in [0.1, 0.15) is 0 Å². The number of anilines is 2. The molecule has 0 radical (unpaired) electrons. The summed E-state index contributed by atoms with van der Waals surface area (Å²) in [5.74, 6) is -2.05. The molecule has 30 heavy (non-hydrogen) atoms. The van der Waals surface area contributed by atoms with Crippen LogP contribution in [-0.2, 0) is 23.9 Å². The summed E-state index contributed by atoms with van der Waals surface area (Å²) in [7, 11) is 0. The number of esters is 2. The first-order valence-electron chi connectivity index (χ1n) is 9.15. The summed E-state index contributed by atoms with van der Waals surface area (Å²) < 4.78 is 9.74. The van der Waals surface area contributed by atoms with Crippen LogP contribution in [0, 0.1) is 0 Å². The lowest BCUT2D eigenvalue weighted by Crippen LogP contribution is -2.21. The van der Waals surface area contributed by atoms with Gasteiger partial charge in [0, 0.05) is 22.8 Å². The third-order valence-corrected chi connectivity index (χ3v) is 3.94. The van der Waals surface area contributed by atoms with Crippen LogP contribution < -0.4 is 10.6 Å². The number of halogens is 1. The standard InChI is InChI=1S/C21H21ClN2O6/c1-2-29-21(28)14-6-8-16(9-7-14)23-19(26)13-30-20(27)11-10-18(25)24-17-5-3-4-15(22)12-17/h3-9,12H,2,10-11,13H2,1H3,(H,23,26)(H,24,25). The van der Waals surface area contributed by atoms with Crippen molar-refractivity contribution in [2.24, 2.45) is 0 Å². The van der Waals surface area contributed by atoms with Gasteiger partial charge in [-0.1, -0.05) is 17.7 Å². The van der Waals surface area contributed by atoms with Crippen LogP contribution in [0.4, 0.5) is 11.4 Å². The Hall–Kier alpha value is -3.39. The summed E-state index contributed by atoms with van der Waals surface area (Å²) in [5, 5.41) is 5.63. The molecule has 0 atom stereocenters. The molecule has 0 aliphatic rings. The fourth-order valence-electron chi connectivity index (χ4n) is 2.32. The van der Waals surface area contributed by atoms with Crippen molar-refractivity contribution in [2.75, 3.05) is 23.8 Å². The number of carbonyl (C=O) groups excluding carboxylic acids is 4. The lowest BCUT2D eigenvalue weighted by Gasteiger charge is -2.08. The molecule has 2 aromatic rings. The number of hydrogen-bond acceptors (Lipinski definition) is 6. The molecule has 158 valence electrons. The summed E-state index contributed by atoms with van der Waals surface area (Å²) in [5.41, 5.74) is 1.32. The van der Waals surface area contributed by atoms with Gasteiger partial charge in [-0.25, -0.2) is 4.79 Å². The van der Waals surface area contributed by atoms with Crippen LogP contribution in [-0.4, -0.2) is 37.0 Å². The zero-order valence-electron chi connectivity index (χ0n) is 16.3. The molecule has 0 spiro atoms. The van der Waals surface area contributed by atoms with E-state index in [1.807, 2.05) is 0 Å². The average Bonchev–Trinajstić information content (AvgIpc) is 2.71. The van der Waals surface area contributed by atoms with Gasteiger partial charge in [-0.05, 0) is 49.4 Å². The Morgan fingerprint density at radius 2 is 1.57 bits per heavy atom. The van der Waals surface area contributed by atoms with Gasteiger partial charge in [0.05, 0.1) is 18.6 Å². The van der Waals surface area contributed by atoms with Crippen molar-refractivity contribution in [1.29, 1.82) is 0 Å². The van der Waals surface area contributed by atoms with Crippen molar-refractivity contribution >= 4 is 46.7 Å². The Bertz CT molecular complexity index is 914. The Morgan fingerprint density at radius 3 is 2.23 bits per heavy atom. The Morgan fingerprint density at radius 1 is 0.867 bits per heavy atom. The second-order valence-electron chi connectivity index (χ2n) is 6.07. The van der Waals surface area contributed by atoms with Crippen LogP contribution in [0.2, 0.25) is 5.02 Å². The van der Waals surface area contributed by atoms with E-state index < -0.39 is 24.5 Å². The maximum Gasteiger partial charge on any atom is 0.338 e. The number of ether oxygens (including phenoxy) is 2. The second kappa shape index (κ2) is 11.6. The smallest absolute Gasteiger partial charge is 0.338 e. The molecule has 0 saturated carbocycles.